The molecule has 0 fully saturated rings. The van der Waals surface area contributed by atoms with Crippen molar-refractivity contribution in [2.75, 3.05) is 11.9 Å². The highest BCUT2D eigenvalue weighted by atomic mass is 32.1. The molecule has 1 aliphatic rings. The van der Waals surface area contributed by atoms with Gasteiger partial charge in [-0.3, -0.25) is 4.79 Å². The molecule has 1 N–H and O–H groups in total. The number of carbonyl (C=O) groups excluding carboxylic acids is 2. The molecule has 4 nitrogen and oxygen atoms in total. The van der Waals surface area contributed by atoms with Gasteiger partial charge in [-0.25, -0.2) is 4.79 Å². The average molecular weight is 426 g/mol. The number of nitrogens with one attached hydrogen (secondary N) is 1. The number of hydrogen-bond donors (Lipinski definition) is 1. The third-order valence-electron chi connectivity index (χ3n) is 5.42. The van der Waals surface area contributed by atoms with Crippen LogP contribution in [0.1, 0.15) is 84.3 Å². The molecule has 30 heavy (non-hydrogen) atoms. The number of ether oxygens (including phenoxy) is 1. The monoisotopic (exact) mass is 425 g/mol. The molecule has 2 aromatic rings. The third-order valence-corrected chi connectivity index (χ3v) is 6.63. The van der Waals surface area contributed by atoms with E-state index in [2.05, 4.69) is 31.3 Å². The Balaban J connectivity index is 1.79. The highest BCUT2D eigenvalue weighted by molar-refractivity contribution is 7.17. The second-order valence-corrected chi connectivity index (χ2v) is 9.09. The Kier molecular flexibility index (Phi) is 7.86. The fourth-order valence-corrected chi connectivity index (χ4v) is 5.02. The van der Waals surface area contributed by atoms with Crippen molar-refractivity contribution < 1.29 is 14.3 Å². The minimum Gasteiger partial charge on any atom is -0.462 e. The van der Waals surface area contributed by atoms with Crippen molar-refractivity contribution in [1.82, 2.24) is 0 Å². The van der Waals surface area contributed by atoms with Crippen LogP contribution in [-0.2, 0) is 22.4 Å². The maximum atomic E-state index is 12.7. The quantitative estimate of drug-likeness (QED) is 0.433. The Bertz CT molecular complexity index is 909. The molecule has 0 unspecified atom stereocenters. The highest BCUT2D eigenvalue weighted by Crippen LogP contribution is 2.37. The molecule has 160 valence electrons. The van der Waals surface area contributed by atoms with Crippen LogP contribution in [-0.4, -0.2) is 18.5 Å². The molecule has 0 saturated heterocycles. The summed E-state index contributed by atoms with van der Waals surface area (Å²) in [5.41, 5.74) is 3.87. The zero-order chi connectivity index (χ0) is 21.5. The lowest BCUT2D eigenvalue weighted by atomic mass is 9.96. The van der Waals surface area contributed by atoms with Gasteiger partial charge in [0.05, 0.1) is 12.2 Å². The maximum absolute atomic E-state index is 12.7. The fraction of sp³-hybridized carbons (Fsp3) is 0.440. The van der Waals surface area contributed by atoms with Crippen molar-refractivity contribution in [1.29, 1.82) is 0 Å². The van der Waals surface area contributed by atoms with Crippen LogP contribution in [0.15, 0.2) is 30.3 Å². The van der Waals surface area contributed by atoms with Crippen LogP contribution in [0.4, 0.5) is 5.00 Å². The number of esters is 1. The third kappa shape index (κ3) is 5.60. The number of carbonyl (C=O) groups is 2. The first-order chi connectivity index (χ1) is 14.5. The smallest absolute Gasteiger partial charge is 0.341 e. The molecule has 0 atom stereocenters. The predicted octanol–water partition coefficient (Wildman–Crippen LogP) is 6.36. The molecule has 0 aliphatic heterocycles. The van der Waals surface area contributed by atoms with Crippen molar-refractivity contribution >= 4 is 34.3 Å². The van der Waals surface area contributed by atoms with Crippen molar-refractivity contribution in [2.45, 2.75) is 65.2 Å². The highest BCUT2D eigenvalue weighted by Gasteiger charge is 2.25. The molecule has 1 aromatic carbocycles. The number of aryl methyl sites for hydroxylation is 1. The molecule has 0 spiro atoms. The van der Waals surface area contributed by atoms with Gasteiger partial charge in [-0.15, -0.1) is 11.3 Å². The Morgan fingerprint density at radius 2 is 1.80 bits per heavy atom. The average Bonchev–Trinajstić information content (AvgIpc) is 3.03. The van der Waals surface area contributed by atoms with Gasteiger partial charge in [-0.1, -0.05) is 51.0 Å². The molecule has 1 heterocycles. The van der Waals surface area contributed by atoms with E-state index in [9.17, 15) is 9.59 Å². The molecular weight excluding hydrogens is 394 g/mol. The predicted molar refractivity (Wildman–Crippen MR) is 124 cm³/mol. The van der Waals surface area contributed by atoms with Crippen LogP contribution in [0.3, 0.4) is 0 Å². The zero-order valence-corrected chi connectivity index (χ0v) is 18.9. The van der Waals surface area contributed by atoms with E-state index in [1.54, 1.807) is 13.0 Å². The number of hydrogen-bond acceptors (Lipinski definition) is 4. The number of rotatable bonds is 6. The Morgan fingerprint density at radius 3 is 2.47 bits per heavy atom. The Morgan fingerprint density at radius 1 is 1.10 bits per heavy atom. The normalized spacial score (nSPS) is 14.3. The molecule has 1 aromatic heterocycles. The van der Waals surface area contributed by atoms with Crippen LogP contribution in [0.5, 0.6) is 0 Å². The van der Waals surface area contributed by atoms with Crippen molar-refractivity contribution in [3.05, 3.63) is 57.5 Å². The zero-order valence-electron chi connectivity index (χ0n) is 18.1. The summed E-state index contributed by atoms with van der Waals surface area (Å²) in [5.74, 6) is -0.0901. The molecule has 0 saturated carbocycles. The second-order valence-electron chi connectivity index (χ2n) is 7.99. The summed E-state index contributed by atoms with van der Waals surface area (Å²) in [4.78, 5) is 26.5. The van der Waals surface area contributed by atoms with E-state index in [-0.39, 0.29) is 11.9 Å². The largest absolute Gasteiger partial charge is 0.462 e. The van der Waals surface area contributed by atoms with Gasteiger partial charge in [0, 0.05) is 11.0 Å². The molecular formula is C25H31NO3S. The first kappa shape index (κ1) is 22.3. The van der Waals surface area contributed by atoms with E-state index in [0.717, 1.165) is 36.8 Å². The van der Waals surface area contributed by atoms with Crippen LogP contribution < -0.4 is 5.32 Å². The first-order valence-electron chi connectivity index (χ1n) is 10.9. The van der Waals surface area contributed by atoms with Crippen LogP contribution in [0.2, 0.25) is 0 Å². The van der Waals surface area contributed by atoms with E-state index in [1.807, 2.05) is 12.1 Å². The van der Waals surface area contributed by atoms with Crippen LogP contribution >= 0.6 is 11.3 Å². The number of thiophene rings is 1. The van der Waals surface area contributed by atoms with Gasteiger partial charge < -0.3 is 10.1 Å². The fourth-order valence-electron chi connectivity index (χ4n) is 3.74. The van der Waals surface area contributed by atoms with Gasteiger partial charge in [0.1, 0.15) is 5.00 Å². The summed E-state index contributed by atoms with van der Waals surface area (Å²) in [7, 11) is 0. The SMILES string of the molecule is CCOC(=O)c1c(NC(=O)/C=C/c2ccc(C(C)C)cc2)sc2c1CCCCCC2. The summed E-state index contributed by atoms with van der Waals surface area (Å²) in [6, 6.07) is 8.20. The lowest BCUT2D eigenvalue weighted by molar-refractivity contribution is -0.111. The standard InChI is InChI=1S/C25H31NO3S/c1-4-29-25(28)23-20-9-7-5-6-8-10-21(20)30-24(23)26-22(27)16-13-18-11-14-19(15-12-18)17(2)3/h11-17H,4-10H2,1-3H3,(H,26,27)/b16-13+. The molecule has 0 bridgehead atoms. The summed E-state index contributed by atoms with van der Waals surface area (Å²) < 4.78 is 5.30. The minimum absolute atomic E-state index is 0.234. The Hall–Kier alpha value is -2.40. The van der Waals surface area contributed by atoms with E-state index < -0.39 is 0 Å². The van der Waals surface area contributed by atoms with E-state index >= 15 is 0 Å². The van der Waals surface area contributed by atoms with Gasteiger partial charge in [-0.2, -0.15) is 0 Å². The van der Waals surface area contributed by atoms with Gasteiger partial charge in [-0.05, 0) is 61.3 Å². The molecule has 1 amide bonds. The minimum atomic E-state index is -0.334. The summed E-state index contributed by atoms with van der Waals surface area (Å²) in [6.07, 6.45) is 9.73. The molecule has 1 aliphatic carbocycles. The van der Waals surface area contributed by atoms with E-state index in [0.29, 0.717) is 23.1 Å². The van der Waals surface area contributed by atoms with Crippen LogP contribution in [0.25, 0.3) is 6.08 Å². The van der Waals surface area contributed by atoms with Gasteiger partial charge in [0.25, 0.3) is 0 Å². The summed E-state index contributed by atoms with van der Waals surface area (Å²) in [6.45, 7) is 6.44. The van der Waals surface area contributed by atoms with Crippen LogP contribution in [0, 0.1) is 0 Å². The van der Waals surface area contributed by atoms with E-state index in [4.69, 9.17) is 4.74 Å². The summed E-state index contributed by atoms with van der Waals surface area (Å²) in [5, 5.41) is 3.56. The first-order valence-corrected chi connectivity index (χ1v) is 11.7. The number of fused-ring (bicyclic) bond motifs is 1. The van der Waals surface area contributed by atoms with Gasteiger partial charge >= 0.3 is 5.97 Å². The number of benzene rings is 1. The number of anilines is 1. The maximum Gasteiger partial charge on any atom is 0.341 e. The summed E-state index contributed by atoms with van der Waals surface area (Å²) >= 11 is 1.53. The molecule has 3 rings (SSSR count). The molecule has 5 heteroatoms. The lowest BCUT2D eigenvalue weighted by Gasteiger charge is -2.11. The number of amides is 1. The van der Waals surface area contributed by atoms with Crippen molar-refractivity contribution in [3.63, 3.8) is 0 Å². The molecule has 0 radical (unpaired) electrons. The van der Waals surface area contributed by atoms with Crippen molar-refractivity contribution in [3.8, 4) is 0 Å². The lowest BCUT2D eigenvalue weighted by Crippen LogP contribution is -2.13. The van der Waals surface area contributed by atoms with E-state index in [1.165, 1.54) is 40.7 Å². The van der Waals surface area contributed by atoms with Crippen molar-refractivity contribution in [2.24, 2.45) is 0 Å². The van der Waals surface area contributed by atoms with Gasteiger partial charge in [0.2, 0.25) is 5.91 Å². The Labute approximate surface area is 183 Å². The second kappa shape index (κ2) is 10.6. The topological polar surface area (TPSA) is 55.4 Å². The van der Waals surface area contributed by atoms with Gasteiger partial charge in [0.15, 0.2) is 0 Å².